The highest BCUT2D eigenvalue weighted by atomic mass is 32.1. The molecule has 0 unspecified atom stereocenters. The molecule has 0 saturated carbocycles. The fraction of sp³-hybridized carbons (Fsp3) is 0.238. The highest BCUT2D eigenvalue weighted by molar-refractivity contribution is 7.22. The van der Waals surface area contributed by atoms with Gasteiger partial charge in [-0.3, -0.25) is 9.89 Å². The maximum atomic E-state index is 14.5. The van der Waals surface area contributed by atoms with Gasteiger partial charge >= 0.3 is 0 Å². The minimum Gasteiger partial charge on any atom is -0.376 e. The lowest BCUT2D eigenvalue weighted by Gasteiger charge is -2.11. The molecule has 2 aromatic carbocycles. The largest absolute Gasteiger partial charge is 0.376 e. The van der Waals surface area contributed by atoms with E-state index in [-0.39, 0.29) is 11.7 Å². The van der Waals surface area contributed by atoms with Crippen LogP contribution in [0.2, 0.25) is 0 Å². The zero-order chi connectivity index (χ0) is 19.1. The Morgan fingerprint density at radius 3 is 3.04 bits per heavy atom. The van der Waals surface area contributed by atoms with Gasteiger partial charge in [-0.15, -0.1) is 11.3 Å². The molecule has 4 aromatic rings. The number of aromatic nitrogens is 2. The molecule has 2 aromatic heterocycles. The van der Waals surface area contributed by atoms with E-state index in [2.05, 4.69) is 27.6 Å². The topological polar surface area (TPSA) is 67.0 Å². The van der Waals surface area contributed by atoms with E-state index in [1.807, 2.05) is 18.2 Å². The molecule has 3 heterocycles. The summed E-state index contributed by atoms with van der Waals surface area (Å²) in [6.45, 7) is 1.11. The molecule has 1 aliphatic rings. The first-order valence-electron chi connectivity index (χ1n) is 9.25. The zero-order valence-electron chi connectivity index (χ0n) is 15.0. The number of aromatic amines is 1. The van der Waals surface area contributed by atoms with Gasteiger partial charge in [0.05, 0.1) is 22.1 Å². The van der Waals surface area contributed by atoms with Gasteiger partial charge < -0.3 is 10.1 Å². The number of nitrogens with zero attached hydrogens (tertiary/aromatic N) is 1. The molecule has 5 rings (SSSR count). The van der Waals surface area contributed by atoms with Crippen molar-refractivity contribution in [1.29, 1.82) is 0 Å². The second-order valence-electron chi connectivity index (χ2n) is 6.94. The van der Waals surface area contributed by atoms with E-state index in [0.29, 0.717) is 18.7 Å². The molecule has 7 heteroatoms. The standard InChI is InChI=1S/C21H18FN3O2S/c22-16-10-17-15(9-14(16)21(26)23-11-13-5-3-7-27-13)20(25-24-17)19-8-12-4-1-2-6-18(12)28-19/h1-2,4,6,8-10,13H,3,5,7,11H2,(H,23,26)(H,24,25)/t13-/m1/s1. The minimum absolute atomic E-state index is 0.0128. The number of thiophene rings is 1. The van der Waals surface area contributed by atoms with E-state index in [9.17, 15) is 9.18 Å². The lowest BCUT2D eigenvalue weighted by atomic mass is 10.1. The van der Waals surface area contributed by atoms with Crippen LogP contribution in [0.15, 0.2) is 42.5 Å². The van der Waals surface area contributed by atoms with Gasteiger partial charge in [0, 0.05) is 29.3 Å². The third kappa shape index (κ3) is 3.06. The molecule has 0 radical (unpaired) electrons. The Morgan fingerprint density at radius 1 is 1.32 bits per heavy atom. The second-order valence-corrected chi connectivity index (χ2v) is 8.03. The molecule has 1 atom stereocenters. The van der Waals surface area contributed by atoms with Crippen molar-refractivity contribution in [3.8, 4) is 10.6 Å². The molecular formula is C21H18FN3O2S. The second kappa shape index (κ2) is 7.00. The number of hydrogen-bond acceptors (Lipinski definition) is 4. The molecule has 1 amide bonds. The van der Waals surface area contributed by atoms with Gasteiger partial charge in [-0.1, -0.05) is 18.2 Å². The van der Waals surface area contributed by atoms with Crippen LogP contribution in [0.3, 0.4) is 0 Å². The Labute approximate surface area is 164 Å². The van der Waals surface area contributed by atoms with Crippen LogP contribution in [0.25, 0.3) is 31.6 Å². The quantitative estimate of drug-likeness (QED) is 0.535. The third-order valence-corrected chi connectivity index (χ3v) is 6.19. The number of H-pyrrole nitrogens is 1. The average molecular weight is 395 g/mol. The lowest BCUT2D eigenvalue weighted by molar-refractivity contribution is 0.0854. The number of amides is 1. The van der Waals surface area contributed by atoms with E-state index in [0.717, 1.165) is 38.9 Å². The summed E-state index contributed by atoms with van der Waals surface area (Å²) in [6, 6.07) is 13.1. The number of fused-ring (bicyclic) bond motifs is 2. The van der Waals surface area contributed by atoms with E-state index in [1.165, 1.54) is 6.07 Å². The Kier molecular flexibility index (Phi) is 4.33. The number of carbonyl (C=O) groups is 1. The molecule has 142 valence electrons. The molecule has 1 aliphatic heterocycles. The fourth-order valence-corrected chi connectivity index (χ4v) is 4.67. The van der Waals surface area contributed by atoms with Gasteiger partial charge in [-0.05, 0) is 36.4 Å². The predicted octanol–water partition coefficient (Wildman–Crippen LogP) is 4.49. The van der Waals surface area contributed by atoms with Crippen LogP contribution in [0, 0.1) is 5.82 Å². The van der Waals surface area contributed by atoms with Crippen LogP contribution >= 0.6 is 11.3 Å². The number of ether oxygens (including phenoxy) is 1. The van der Waals surface area contributed by atoms with Crippen LogP contribution in [-0.4, -0.2) is 35.4 Å². The van der Waals surface area contributed by atoms with Gasteiger partial charge in [0.2, 0.25) is 0 Å². The lowest BCUT2D eigenvalue weighted by Crippen LogP contribution is -2.32. The SMILES string of the molecule is O=C(NC[C@H]1CCCO1)c1cc2c(-c3cc4ccccc4s3)n[nH]c2cc1F. The molecule has 0 bridgehead atoms. The Bertz CT molecular complexity index is 1140. The number of rotatable bonds is 4. The summed E-state index contributed by atoms with van der Waals surface area (Å²) < 4.78 is 21.2. The number of hydrogen-bond donors (Lipinski definition) is 2. The molecule has 28 heavy (non-hydrogen) atoms. The minimum atomic E-state index is -0.566. The van der Waals surface area contributed by atoms with Crippen molar-refractivity contribution in [2.75, 3.05) is 13.2 Å². The fourth-order valence-electron chi connectivity index (χ4n) is 3.61. The van der Waals surface area contributed by atoms with Crippen molar-refractivity contribution >= 4 is 38.2 Å². The normalized spacial score (nSPS) is 16.8. The van der Waals surface area contributed by atoms with E-state index < -0.39 is 11.7 Å². The highest BCUT2D eigenvalue weighted by Crippen LogP contribution is 2.36. The van der Waals surface area contributed by atoms with Crippen molar-refractivity contribution in [1.82, 2.24) is 15.5 Å². The Hall–Kier alpha value is -2.77. The van der Waals surface area contributed by atoms with E-state index in [4.69, 9.17) is 4.74 Å². The molecular weight excluding hydrogens is 377 g/mol. The zero-order valence-corrected chi connectivity index (χ0v) is 15.8. The predicted molar refractivity (Wildman–Crippen MR) is 108 cm³/mol. The van der Waals surface area contributed by atoms with Gasteiger partial charge in [-0.25, -0.2) is 4.39 Å². The van der Waals surface area contributed by atoms with Gasteiger partial charge in [0.1, 0.15) is 11.5 Å². The summed E-state index contributed by atoms with van der Waals surface area (Å²) in [5, 5.41) is 11.9. The molecule has 0 aliphatic carbocycles. The summed E-state index contributed by atoms with van der Waals surface area (Å²) >= 11 is 1.62. The van der Waals surface area contributed by atoms with Gasteiger partial charge in [0.25, 0.3) is 5.91 Å². The summed E-state index contributed by atoms with van der Waals surface area (Å²) in [4.78, 5) is 13.5. The van der Waals surface area contributed by atoms with Crippen molar-refractivity contribution in [3.63, 3.8) is 0 Å². The summed E-state index contributed by atoms with van der Waals surface area (Å²) in [6.07, 6.45) is 1.92. The maximum absolute atomic E-state index is 14.5. The third-order valence-electron chi connectivity index (χ3n) is 5.07. The maximum Gasteiger partial charge on any atom is 0.254 e. The summed E-state index contributed by atoms with van der Waals surface area (Å²) in [5.41, 5.74) is 1.32. The van der Waals surface area contributed by atoms with Crippen LogP contribution in [0.4, 0.5) is 4.39 Å². The van der Waals surface area contributed by atoms with Crippen LogP contribution in [-0.2, 0) is 4.74 Å². The smallest absolute Gasteiger partial charge is 0.254 e. The van der Waals surface area contributed by atoms with Crippen molar-refractivity contribution in [2.24, 2.45) is 0 Å². The Morgan fingerprint density at radius 2 is 2.21 bits per heavy atom. The van der Waals surface area contributed by atoms with Crippen molar-refractivity contribution in [2.45, 2.75) is 18.9 Å². The number of nitrogens with one attached hydrogen (secondary N) is 2. The van der Waals surface area contributed by atoms with Crippen LogP contribution in [0.1, 0.15) is 23.2 Å². The van der Waals surface area contributed by atoms with Gasteiger partial charge in [-0.2, -0.15) is 5.10 Å². The monoisotopic (exact) mass is 395 g/mol. The molecule has 1 fully saturated rings. The van der Waals surface area contributed by atoms with E-state index in [1.54, 1.807) is 17.4 Å². The first-order valence-corrected chi connectivity index (χ1v) is 10.1. The number of benzene rings is 2. The van der Waals surface area contributed by atoms with E-state index >= 15 is 0 Å². The molecule has 5 nitrogen and oxygen atoms in total. The first kappa shape index (κ1) is 17.3. The average Bonchev–Trinajstić information content (AvgIpc) is 3.43. The number of carbonyl (C=O) groups excluding carboxylic acids is 1. The molecule has 2 N–H and O–H groups in total. The summed E-state index contributed by atoms with van der Waals surface area (Å²) in [5.74, 6) is -0.998. The van der Waals surface area contributed by atoms with Crippen LogP contribution < -0.4 is 5.32 Å². The van der Waals surface area contributed by atoms with Crippen LogP contribution in [0.5, 0.6) is 0 Å². The summed E-state index contributed by atoms with van der Waals surface area (Å²) in [7, 11) is 0. The molecule has 1 saturated heterocycles. The number of halogens is 1. The highest BCUT2D eigenvalue weighted by Gasteiger charge is 2.20. The van der Waals surface area contributed by atoms with Crippen molar-refractivity contribution < 1.29 is 13.9 Å². The van der Waals surface area contributed by atoms with Crippen molar-refractivity contribution in [3.05, 3.63) is 53.8 Å². The molecule has 0 spiro atoms. The van der Waals surface area contributed by atoms with Gasteiger partial charge in [0.15, 0.2) is 0 Å². The Balaban J connectivity index is 1.49. The first-order chi connectivity index (χ1) is 13.7.